The van der Waals surface area contributed by atoms with E-state index in [4.69, 9.17) is 11.1 Å². The van der Waals surface area contributed by atoms with Crippen LogP contribution in [0.2, 0.25) is 6.04 Å². The van der Waals surface area contributed by atoms with Crippen molar-refractivity contribution in [2.45, 2.75) is 33.2 Å². The fourth-order valence-electron chi connectivity index (χ4n) is 0.810. The number of hydrogen-bond donors (Lipinski definition) is 0. The highest BCUT2D eigenvalue weighted by Crippen LogP contribution is 2.23. The second kappa shape index (κ2) is 4.48. The summed E-state index contributed by atoms with van der Waals surface area (Å²) in [6, 6.07) is 1.21. The van der Waals surface area contributed by atoms with Crippen LogP contribution in [-0.4, -0.2) is 26.9 Å². The van der Waals surface area contributed by atoms with Crippen LogP contribution in [-0.2, 0) is 0 Å². The Labute approximate surface area is 77.1 Å². The van der Waals surface area contributed by atoms with Gasteiger partial charge in [0.1, 0.15) is 0 Å². The Morgan fingerprint density at radius 3 is 2.00 bits per heavy atom. The first-order valence-corrected chi connectivity index (χ1v) is 7.21. The van der Waals surface area contributed by atoms with Crippen LogP contribution in [0.3, 0.4) is 0 Å². The predicted molar refractivity (Wildman–Crippen MR) is 55.6 cm³/mol. The first kappa shape index (κ1) is 11.5. The molecule has 0 aromatic rings. The van der Waals surface area contributed by atoms with Gasteiger partial charge in [-0.25, -0.2) is 0 Å². The van der Waals surface area contributed by atoms with Crippen LogP contribution < -0.4 is 0 Å². The summed E-state index contributed by atoms with van der Waals surface area (Å²) in [4.78, 5) is 0. The second-order valence-electron chi connectivity index (χ2n) is 4.50. The molecule has 0 rings (SSSR count). The number of nitrogens with zero attached hydrogens (tertiary/aromatic N) is 1. The lowest BCUT2D eigenvalue weighted by Gasteiger charge is -2.22. The van der Waals surface area contributed by atoms with E-state index in [1.807, 2.05) is 0 Å². The van der Waals surface area contributed by atoms with Gasteiger partial charge in [-0.1, -0.05) is 20.8 Å². The van der Waals surface area contributed by atoms with Gasteiger partial charge in [-0.2, -0.15) is 11.1 Å². The summed E-state index contributed by atoms with van der Waals surface area (Å²) in [5, 5.41) is 0. The molecule has 0 heterocycles. The van der Waals surface area contributed by atoms with Gasteiger partial charge in [-0.3, -0.25) is 0 Å². The first-order chi connectivity index (χ1) is 4.83. The molecule has 1 unspecified atom stereocenters. The van der Waals surface area contributed by atoms with Crippen LogP contribution in [0.15, 0.2) is 0 Å². The Kier molecular flexibility index (Phi) is 4.67. The van der Waals surface area contributed by atoms with E-state index in [1.54, 1.807) is 0 Å². The monoisotopic (exact) mass is 193 g/mol. The van der Waals surface area contributed by atoms with Crippen LogP contribution >= 0.6 is 11.1 Å². The summed E-state index contributed by atoms with van der Waals surface area (Å²) in [6.45, 7) is 6.79. The summed E-state index contributed by atoms with van der Waals surface area (Å²) in [5.41, 5.74) is 0.441. The molecule has 0 spiro atoms. The van der Waals surface area contributed by atoms with Gasteiger partial charge in [-0.05, 0) is 32.0 Å². The van der Waals surface area contributed by atoms with E-state index in [0.717, 1.165) is 0 Å². The second-order valence-corrected chi connectivity index (χ2v) is 8.49. The SMILES string of the molecule is CN(C)[SiH](Cl)CCC(C)(C)C. The third-order valence-electron chi connectivity index (χ3n) is 1.69. The molecule has 0 bridgehead atoms. The van der Waals surface area contributed by atoms with Crippen LogP contribution in [0.1, 0.15) is 27.2 Å². The first-order valence-electron chi connectivity index (χ1n) is 4.13. The smallest absolute Gasteiger partial charge is 0.213 e. The van der Waals surface area contributed by atoms with Gasteiger partial charge < -0.3 is 4.57 Å². The van der Waals surface area contributed by atoms with Crippen molar-refractivity contribution in [1.29, 1.82) is 0 Å². The lowest BCUT2D eigenvalue weighted by atomic mass is 9.94. The lowest BCUT2D eigenvalue weighted by Crippen LogP contribution is -2.28. The fraction of sp³-hybridized carbons (Fsp3) is 1.00. The van der Waals surface area contributed by atoms with Crippen LogP contribution in [0.4, 0.5) is 0 Å². The third kappa shape index (κ3) is 6.85. The zero-order valence-electron chi connectivity index (χ0n) is 8.32. The van der Waals surface area contributed by atoms with E-state index in [0.29, 0.717) is 5.41 Å². The van der Waals surface area contributed by atoms with Crippen molar-refractivity contribution in [3.05, 3.63) is 0 Å². The van der Waals surface area contributed by atoms with Crippen molar-refractivity contribution in [3.63, 3.8) is 0 Å². The molecule has 0 saturated carbocycles. The molecular formula is C8H20ClNSi. The Morgan fingerprint density at radius 2 is 1.73 bits per heavy atom. The Hall–Kier alpha value is 0.467. The number of rotatable bonds is 3. The van der Waals surface area contributed by atoms with E-state index in [-0.39, 0.29) is 0 Å². The summed E-state index contributed by atoms with van der Waals surface area (Å²) >= 11 is 6.19. The largest absolute Gasteiger partial charge is 0.320 e. The van der Waals surface area contributed by atoms with Gasteiger partial charge in [0.25, 0.3) is 0 Å². The molecule has 0 aromatic heterocycles. The van der Waals surface area contributed by atoms with Gasteiger partial charge in [-0.15, -0.1) is 0 Å². The topological polar surface area (TPSA) is 3.24 Å². The Balaban J connectivity index is 3.54. The predicted octanol–water partition coefficient (Wildman–Crippen LogP) is 2.44. The number of hydrogen-bond acceptors (Lipinski definition) is 1. The zero-order valence-corrected chi connectivity index (χ0v) is 10.2. The summed E-state index contributed by atoms with van der Waals surface area (Å²) in [5.74, 6) is 0. The molecule has 0 N–H and O–H groups in total. The van der Waals surface area contributed by atoms with Gasteiger partial charge in [0, 0.05) is 0 Å². The molecule has 0 aromatic carbocycles. The van der Waals surface area contributed by atoms with Crippen LogP contribution in [0, 0.1) is 5.41 Å². The minimum Gasteiger partial charge on any atom is -0.320 e. The maximum atomic E-state index is 6.19. The molecular weight excluding hydrogens is 174 g/mol. The maximum Gasteiger partial charge on any atom is 0.213 e. The molecule has 0 fully saturated rings. The van der Waals surface area contributed by atoms with Gasteiger partial charge in [0.2, 0.25) is 8.27 Å². The molecule has 0 saturated heterocycles. The molecule has 0 radical (unpaired) electrons. The van der Waals surface area contributed by atoms with E-state index in [9.17, 15) is 0 Å². The van der Waals surface area contributed by atoms with Crippen molar-refractivity contribution in [3.8, 4) is 0 Å². The molecule has 3 heteroatoms. The van der Waals surface area contributed by atoms with Crippen molar-refractivity contribution >= 4 is 19.3 Å². The average Bonchev–Trinajstić information content (AvgIpc) is 1.80. The number of halogens is 1. The van der Waals surface area contributed by atoms with Gasteiger partial charge in [0.15, 0.2) is 0 Å². The van der Waals surface area contributed by atoms with Crippen molar-refractivity contribution in [1.82, 2.24) is 4.57 Å². The maximum absolute atomic E-state index is 6.19. The average molecular weight is 194 g/mol. The highest BCUT2D eigenvalue weighted by Gasteiger charge is 2.15. The zero-order chi connectivity index (χ0) is 9.07. The van der Waals surface area contributed by atoms with Crippen molar-refractivity contribution in [2.24, 2.45) is 5.41 Å². The minimum atomic E-state index is -1.07. The highest BCUT2D eigenvalue weighted by atomic mass is 35.6. The van der Waals surface area contributed by atoms with E-state index < -0.39 is 8.27 Å². The molecule has 0 amide bonds. The summed E-state index contributed by atoms with van der Waals surface area (Å²) < 4.78 is 2.19. The van der Waals surface area contributed by atoms with E-state index in [1.165, 1.54) is 12.5 Å². The molecule has 0 aliphatic carbocycles. The Morgan fingerprint density at radius 1 is 1.27 bits per heavy atom. The van der Waals surface area contributed by atoms with Crippen LogP contribution in [0.25, 0.3) is 0 Å². The minimum absolute atomic E-state index is 0.441. The van der Waals surface area contributed by atoms with E-state index >= 15 is 0 Å². The quantitative estimate of drug-likeness (QED) is 0.492. The Bertz CT molecular complexity index is 109. The van der Waals surface area contributed by atoms with Crippen molar-refractivity contribution in [2.75, 3.05) is 14.1 Å². The molecule has 68 valence electrons. The molecule has 11 heavy (non-hydrogen) atoms. The molecule has 0 aliphatic rings. The van der Waals surface area contributed by atoms with Gasteiger partial charge >= 0.3 is 0 Å². The lowest BCUT2D eigenvalue weighted by molar-refractivity contribution is 0.394. The molecule has 1 nitrogen and oxygen atoms in total. The fourth-order valence-corrected chi connectivity index (χ4v) is 2.76. The normalized spacial score (nSPS) is 15.5. The standard InChI is InChI=1S/C8H20ClNSi/c1-8(2,3)6-7-11(9)10(4)5/h11H,6-7H2,1-5H3. The van der Waals surface area contributed by atoms with Gasteiger partial charge in [0.05, 0.1) is 0 Å². The van der Waals surface area contributed by atoms with Crippen LogP contribution in [0.5, 0.6) is 0 Å². The summed E-state index contributed by atoms with van der Waals surface area (Å²) in [7, 11) is 3.08. The highest BCUT2D eigenvalue weighted by molar-refractivity contribution is 7.05. The third-order valence-corrected chi connectivity index (χ3v) is 5.40. The molecule has 0 aliphatic heterocycles. The van der Waals surface area contributed by atoms with E-state index in [2.05, 4.69) is 39.4 Å². The van der Waals surface area contributed by atoms with Crippen molar-refractivity contribution < 1.29 is 0 Å². The summed E-state index contributed by atoms with van der Waals surface area (Å²) in [6.07, 6.45) is 1.24. The molecule has 1 atom stereocenters.